The molecule has 1 heterocycles. The minimum atomic E-state index is -1.21. The van der Waals surface area contributed by atoms with Gasteiger partial charge in [-0.05, 0) is 20.8 Å². The van der Waals surface area contributed by atoms with E-state index >= 15 is 0 Å². The molecule has 0 aliphatic heterocycles. The molecule has 0 unspecified atom stereocenters. The number of aromatic amines is 1. The molecule has 7 heteroatoms. The number of carboxylic acids is 1. The number of nitrogens with one attached hydrogen (secondary N) is 2. The number of anilines is 1. The summed E-state index contributed by atoms with van der Waals surface area (Å²) in [5.41, 5.74) is -0.760. The van der Waals surface area contributed by atoms with Gasteiger partial charge in [0.2, 0.25) is 0 Å². The average molecular weight is 227 g/mol. The standard InChI is InChI=1S/C9H13N3O4/c1-9(2,3)16-8(15)11-5-4-10-12-6(5)7(13)14/h4H,1-3H3,(H,10,12)(H,11,15)(H,13,14). The summed E-state index contributed by atoms with van der Waals surface area (Å²) in [6.07, 6.45) is 0.476. The van der Waals surface area contributed by atoms with E-state index in [1.165, 1.54) is 6.20 Å². The fraction of sp³-hybridized carbons (Fsp3) is 0.444. The van der Waals surface area contributed by atoms with Crippen LogP contribution in [0.3, 0.4) is 0 Å². The van der Waals surface area contributed by atoms with Crippen LogP contribution in [0, 0.1) is 0 Å². The van der Waals surface area contributed by atoms with Crippen LogP contribution < -0.4 is 5.32 Å². The van der Waals surface area contributed by atoms with Crippen molar-refractivity contribution >= 4 is 17.7 Å². The Hall–Kier alpha value is -2.05. The summed E-state index contributed by atoms with van der Waals surface area (Å²) in [7, 11) is 0. The van der Waals surface area contributed by atoms with Crippen LogP contribution in [0.4, 0.5) is 10.5 Å². The lowest BCUT2D eigenvalue weighted by Gasteiger charge is -2.19. The van der Waals surface area contributed by atoms with Crippen molar-refractivity contribution in [3.05, 3.63) is 11.9 Å². The third kappa shape index (κ3) is 3.26. The maximum atomic E-state index is 11.3. The predicted octanol–water partition coefficient (Wildman–Crippen LogP) is 1.45. The summed E-state index contributed by atoms with van der Waals surface area (Å²) in [6, 6.07) is 0. The van der Waals surface area contributed by atoms with Gasteiger partial charge in [-0.2, -0.15) is 5.10 Å². The molecule has 0 aliphatic rings. The summed E-state index contributed by atoms with van der Waals surface area (Å²) in [4.78, 5) is 22.0. The van der Waals surface area contributed by atoms with Gasteiger partial charge >= 0.3 is 12.1 Å². The van der Waals surface area contributed by atoms with Crippen molar-refractivity contribution in [2.45, 2.75) is 26.4 Å². The van der Waals surface area contributed by atoms with Crippen molar-refractivity contribution < 1.29 is 19.4 Å². The molecule has 0 fully saturated rings. The number of carbonyl (C=O) groups excluding carboxylic acids is 1. The predicted molar refractivity (Wildman–Crippen MR) is 55.4 cm³/mol. The number of hydrogen-bond acceptors (Lipinski definition) is 4. The molecule has 0 saturated carbocycles. The largest absolute Gasteiger partial charge is 0.476 e. The number of hydrogen-bond donors (Lipinski definition) is 3. The van der Waals surface area contributed by atoms with Crippen molar-refractivity contribution in [1.82, 2.24) is 10.2 Å². The Morgan fingerprint density at radius 1 is 1.50 bits per heavy atom. The maximum absolute atomic E-state index is 11.3. The maximum Gasteiger partial charge on any atom is 0.412 e. The van der Waals surface area contributed by atoms with E-state index in [0.29, 0.717) is 0 Å². The number of carbonyl (C=O) groups is 2. The Balaban J connectivity index is 2.70. The van der Waals surface area contributed by atoms with Crippen LogP contribution in [-0.4, -0.2) is 33.0 Å². The first-order valence-corrected chi connectivity index (χ1v) is 4.56. The van der Waals surface area contributed by atoms with Gasteiger partial charge in [-0.15, -0.1) is 0 Å². The van der Waals surface area contributed by atoms with Gasteiger partial charge < -0.3 is 9.84 Å². The molecule has 0 bridgehead atoms. The Kier molecular flexibility index (Phi) is 3.17. The van der Waals surface area contributed by atoms with Gasteiger partial charge in [-0.25, -0.2) is 9.59 Å². The molecule has 1 rings (SSSR count). The molecule has 7 nitrogen and oxygen atoms in total. The summed E-state index contributed by atoms with van der Waals surface area (Å²) in [5, 5.41) is 16.8. The molecule has 1 aromatic rings. The minimum absolute atomic E-state index is 0.0711. The van der Waals surface area contributed by atoms with Crippen molar-refractivity contribution in [1.29, 1.82) is 0 Å². The first kappa shape index (κ1) is 12.0. The molecule has 0 spiro atoms. The highest BCUT2D eigenvalue weighted by atomic mass is 16.6. The molecule has 16 heavy (non-hydrogen) atoms. The van der Waals surface area contributed by atoms with Gasteiger partial charge in [-0.1, -0.05) is 0 Å². The molecule has 0 radical (unpaired) electrons. The van der Waals surface area contributed by atoms with Crippen LogP contribution in [0.5, 0.6) is 0 Å². The second-order valence-electron chi connectivity index (χ2n) is 4.09. The van der Waals surface area contributed by atoms with E-state index < -0.39 is 17.7 Å². The second-order valence-corrected chi connectivity index (χ2v) is 4.09. The molecule has 0 aromatic carbocycles. The van der Waals surface area contributed by atoms with Gasteiger partial charge in [0.15, 0.2) is 5.69 Å². The average Bonchev–Trinajstić information content (AvgIpc) is 2.47. The van der Waals surface area contributed by atoms with Crippen LogP contribution in [-0.2, 0) is 4.74 Å². The number of aromatic carboxylic acids is 1. The number of H-pyrrole nitrogens is 1. The van der Waals surface area contributed by atoms with E-state index in [2.05, 4.69) is 15.5 Å². The Labute approximate surface area is 91.8 Å². The van der Waals surface area contributed by atoms with Crippen LogP contribution in [0.1, 0.15) is 31.3 Å². The number of aromatic nitrogens is 2. The Morgan fingerprint density at radius 2 is 2.12 bits per heavy atom. The van der Waals surface area contributed by atoms with E-state index in [-0.39, 0.29) is 11.4 Å². The summed E-state index contributed by atoms with van der Waals surface area (Å²) < 4.78 is 4.96. The van der Waals surface area contributed by atoms with Crippen LogP contribution in [0.15, 0.2) is 6.20 Å². The van der Waals surface area contributed by atoms with Gasteiger partial charge in [0, 0.05) is 0 Å². The van der Waals surface area contributed by atoms with Crippen molar-refractivity contribution in [2.75, 3.05) is 5.32 Å². The summed E-state index contributed by atoms with van der Waals surface area (Å²) in [6.45, 7) is 5.13. The number of carboxylic acid groups (broad SMARTS) is 1. The number of rotatable bonds is 2. The molecule has 1 aromatic heterocycles. The van der Waals surface area contributed by atoms with Gasteiger partial charge in [-0.3, -0.25) is 10.4 Å². The summed E-state index contributed by atoms with van der Waals surface area (Å²) in [5.74, 6) is -1.21. The normalized spacial score (nSPS) is 10.9. The highest BCUT2D eigenvalue weighted by Crippen LogP contribution is 2.14. The molecule has 1 amide bonds. The number of nitrogens with zero attached hydrogens (tertiary/aromatic N) is 1. The van der Waals surface area contributed by atoms with E-state index in [4.69, 9.17) is 9.84 Å². The van der Waals surface area contributed by atoms with E-state index in [1.807, 2.05) is 0 Å². The van der Waals surface area contributed by atoms with Gasteiger partial charge in [0.25, 0.3) is 0 Å². The number of ether oxygens (including phenoxy) is 1. The monoisotopic (exact) mass is 227 g/mol. The van der Waals surface area contributed by atoms with Gasteiger partial charge in [0.1, 0.15) is 5.60 Å². The molecular weight excluding hydrogens is 214 g/mol. The van der Waals surface area contributed by atoms with Crippen molar-refractivity contribution in [3.63, 3.8) is 0 Å². The van der Waals surface area contributed by atoms with Crippen LogP contribution >= 0.6 is 0 Å². The SMILES string of the molecule is CC(C)(C)OC(=O)Nc1cn[nH]c1C(=O)O. The summed E-state index contributed by atoms with van der Waals surface area (Å²) >= 11 is 0. The Bertz CT molecular complexity index is 405. The quantitative estimate of drug-likeness (QED) is 0.709. The molecular formula is C9H13N3O4. The minimum Gasteiger partial charge on any atom is -0.476 e. The first-order valence-electron chi connectivity index (χ1n) is 4.56. The highest BCUT2D eigenvalue weighted by molar-refractivity contribution is 5.96. The lowest BCUT2D eigenvalue weighted by molar-refractivity contribution is 0.0636. The zero-order valence-corrected chi connectivity index (χ0v) is 9.20. The van der Waals surface area contributed by atoms with Crippen LogP contribution in [0.25, 0.3) is 0 Å². The second kappa shape index (κ2) is 4.21. The third-order valence-electron chi connectivity index (χ3n) is 1.49. The topological polar surface area (TPSA) is 104 Å². The zero-order valence-electron chi connectivity index (χ0n) is 9.20. The van der Waals surface area contributed by atoms with E-state index in [1.54, 1.807) is 20.8 Å². The zero-order chi connectivity index (χ0) is 12.3. The lowest BCUT2D eigenvalue weighted by atomic mass is 10.2. The van der Waals surface area contributed by atoms with Gasteiger partial charge in [0.05, 0.1) is 11.9 Å². The smallest absolute Gasteiger partial charge is 0.412 e. The molecule has 0 saturated heterocycles. The van der Waals surface area contributed by atoms with Crippen molar-refractivity contribution in [2.24, 2.45) is 0 Å². The van der Waals surface area contributed by atoms with Crippen LogP contribution in [0.2, 0.25) is 0 Å². The molecule has 88 valence electrons. The van der Waals surface area contributed by atoms with E-state index in [0.717, 1.165) is 0 Å². The number of amides is 1. The van der Waals surface area contributed by atoms with E-state index in [9.17, 15) is 9.59 Å². The fourth-order valence-electron chi connectivity index (χ4n) is 0.958. The molecule has 0 atom stereocenters. The van der Waals surface area contributed by atoms with Crippen molar-refractivity contribution in [3.8, 4) is 0 Å². The first-order chi connectivity index (χ1) is 7.29. The highest BCUT2D eigenvalue weighted by Gasteiger charge is 2.19. The third-order valence-corrected chi connectivity index (χ3v) is 1.49. The lowest BCUT2D eigenvalue weighted by Crippen LogP contribution is -2.27. The fourth-order valence-corrected chi connectivity index (χ4v) is 0.958. The molecule has 0 aliphatic carbocycles. The molecule has 3 N–H and O–H groups in total. The Morgan fingerprint density at radius 3 is 2.62 bits per heavy atom.